The summed E-state index contributed by atoms with van der Waals surface area (Å²) >= 11 is 0. The van der Waals surface area contributed by atoms with Gasteiger partial charge in [-0.3, -0.25) is 9.69 Å². The van der Waals surface area contributed by atoms with Crippen LogP contribution >= 0.6 is 0 Å². The predicted molar refractivity (Wildman–Crippen MR) is 144 cm³/mol. The lowest BCUT2D eigenvalue weighted by molar-refractivity contribution is 0.121. The van der Waals surface area contributed by atoms with E-state index in [1.54, 1.807) is 7.11 Å². The van der Waals surface area contributed by atoms with E-state index in [1.165, 1.54) is 24.8 Å². The normalized spacial score (nSPS) is 15.5. The van der Waals surface area contributed by atoms with Gasteiger partial charge in [-0.1, -0.05) is 63.4 Å². The molecule has 8 heteroatoms. The Morgan fingerprint density at radius 3 is 2.57 bits per heavy atom. The molecule has 1 aliphatic carbocycles. The molecule has 2 heterocycles. The molecule has 8 nitrogen and oxygen atoms in total. The Morgan fingerprint density at radius 1 is 1.05 bits per heavy atom. The third-order valence-corrected chi connectivity index (χ3v) is 7.46. The van der Waals surface area contributed by atoms with Gasteiger partial charge in [0.1, 0.15) is 5.75 Å². The van der Waals surface area contributed by atoms with Gasteiger partial charge >= 0.3 is 0 Å². The number of rotatable bonds is 9. The Labute approximate surface area is 217 Å². The standard InChI is InChI=1S/C29H36N6O2/c1-20(2)27(28-31-32-33-35(28)24-12-8-5-9-13-24)34(18-21-10-6-4-7-11-21)19-23-16-22-14-15-25(37-3)17-26(22)30-29(23)36/h4,6-7,10-11,14-17,20,24,27H,5,8-9,12-13,18-19H2,1-3H3,(H,30,36)/t27-/m1/s1. The molecule has 194 valence electrons. The van der Waals surface area contributed by atoms with E-state index in [0.717, 1.165) is 40.9 Å². The second-order valence-electron chi connectivity index (χ2n) is 10.4. The van der Waals surface area contributed by atoms with Crippen LogP contribution in [-0.2, 0) is 13.1 Å². The van der Waals surface area contributed by atoms with Crippen LogP contribution in [0.1, 0.15) is 75.0 Å². The molecule has 1 N–H and O–H groups in total. The Hall–Kier alpha value is -3.52. The van der Waals surface area contributed by atoms with Gasteiger partial charge in [-0.2, -0.15) is 0 Å². The molecule has 37 heavy (non-hydrogen) atoms. The Bertz CT molecular complexity index is 1370. The molecule has 0 bridgehead atoms. The number of aromatic amines is 1. The third-order valence-electron chi connectivity index (χ3n) is 7.46. The number of nitrogens with zero attached hydrogens (tertiary/aromatic N) is 5. The maximum atomic E-state index is 13.2. The van der Waals surface area contributed by atoms with Gasteiger partial charge in [0.25, 0.3) is 5.56 Å². The summed E-state index contributed by atoms with van der Waals surface area (Å²) in [7, 11) is 1.63. The Kier molecular flexibility index (Phi) is 7.65. The molecule has 1 saturated carbocycles. The van der Waals surface area contributed by atoms with Crippen molar-refractivity contribution >= 4 is 10.9 Å². The van der Waals surface area contributed by atoms with Gasteiger partial charge in [0.05, 0.1) is 24.7 Å². The van der Waals surface area contributed by atoms with Crippen LogP contribution in [-0.4, -0.2) is 37.2 Å². The third kappa shape index (κ3) is 5.59. The Balaban J connectivity index is 1.54. The number of H-pyrrole nitrogens is 1. The van der Waals surface area contributed by atoms with E-state index in [2.05, 4.69) is 68.2 Å². The van der Waals surface area contributed by atoms with Crippen LogP contribution in [0.5, 0.6) is 5.75 Å². The van der Waals surface area contributed by atoms with Crippen LogP contribution in [0.3, 0.4) is 0 Å². The molecule has 0 radical (unpaired) electrons. The minimum absolute atomic E-state index is 0.0527. The average Bonchev–Trinajstić information content (AvgIpc) is 3.39. The van der Waals surface area contributed by atoms with E-state index in [1.807, 2.05) is 30.3 Å². The van der Waals surface area contributed by atoms with Crippen LogP contribution in [0, 0.1) is 5.92 Å². The molecule has 2 aromatic carbocycles. The maximum Gasteiger partial charge on any atom is 0.252 e. The second kappa shape index (κ2) is 11.3. The number of nitrogens with one attached hydrogen (secondary N) is 1. The van der Waals surface area contributed by atoms with Gasteiger partial charge < -0.3 is 9.72 Å². The van der Waals surface area contributed by atoms with E-state index in [9.17, 15) is 4.79 Å². The summed E-state index contributed by atoms with van der Waals surface area (Å²) in [6, 6.07) is 18.4. The first kappa shape index (κ1) is 25.1. The molecule has 4 aromatic rings. The average molecular weight is 501 g/mol. The highest BCUT2D eigenvalue weighted by atomic mass is 16.5. The van der Waals surface area contributed by atoms with Crippen molar-refractivity contribution in [3.63, 3.8) is 0 Å². The molecule has 0 amide bonds. The lowest BCUT2D eigenvalue weighted by Gasteiger charge is -2.35. The maximum absolute atomic E-state index is 13.2. The van der Waals surface area contributed by atoms with Crippen LogP contribution in [0.25, 0.3) is 10.9 Å². The summed E-state index contributed by atoms with van der Waals surface area (Å²) in [6.45, 7) is 5.58. The van der Waals surface area contributed by atoms with Crippen molar-refractivity contribution < 1.29 is 4.74 Å². The van der Waals surface area contributed by atoms with Crippen LogP contribution in [0.15, 0.2) is 59.4 Å². The summed E-state index contributed by atoms with van der Waals surface area (Å²) in [5, 5.41) is 14.1. The van der Waals surface area contributed by atoms with E-state index < -0.39 is 0 Å². The predicted octanol–water partition coefficient (Wildman–Crippen LogP) is 5.43. The zero-order chi connectivity index (χ0) is 25.8. The quantitative estimate of drug-likeness (QED) is 0.330. The van der Waals surface area contributed by atoms with Crippen LogP contribution in [0.4, 0.5) is 0 Å². The minimum Gasteiger partial charge on any atom is -0.497 e. The highest BCUT2D eigenvalue weighted by Crippen LogP contribution is 2.34. The number of fused-ring (bicyclic) bond motifs is 1. The van der Waals surface area contributed by atoms with E-state index >= 15 is 0 Å². The molecule has 0 unspecified atom stereocenters. The number of aromatic nitrogens is 5. The van der Waals surface area contributed by atoms with E-state index in [0.29, 0.717) is 19.1 Å². The summed E-state index contributed by atoms with van der Waals surface area (Å²) in [5.41, 5.74) is 2.58. The summed E-state index contributed by atoms with van der Waals surface area (Å²) in [5.74, 6) is 1.84. The lowest BCUT2D eigenvalue weighted by Crippen LogP contribution is -2.36. The number of pyridine rings is 1. The number of ether oxygens (including phenoxy) is 1. The minimum atomic E-state index is -0.0896. The SMILES string of the molecule is COc1ccc2cc(CN(Cc3ccccc3)[C@@H](c3nnnn3C3CCCCC3)C(C)C)c(=O)[nH]c2c1. The van der Waals surface area contributed by atoms with E-state index in [4.69, 9.17) is 4.74 Å². The largest absolute Gasteiger partial charge is 0.497 e. The first-order valence-electron chi connectivity index (χ1n) is 13.3. The molecular weight excluding hydrogens is 464 g/mol. The van der Waals surface area contributed by atoms with Crippen LogP contribution < -0.4 is 10.3 Å². The smallest absolute Gasteiger partial charge is 0.252 e. The molecule has 0 spiro atoms. The van der Waals surface area contributed by atoms with Crippen molar-refractivity contribution in [1.82, 2.24) is 30.1 Å². The van der Waals surface area contributed by atoms with Gasteiger partial charge in [0.15, 0.2) is 5.82 Å². The van der Waals surface area contributed by atoms with Crippen molar-refractivity contribution in [1.29, 1.82) is 0 Å². The number of tetrazole rings is 1. The fourth-order valence-corrected chi connectivity index (χ4v) is 5.62. The topological polar surface area (TPSA) is 88.9 Å². The van der Waals surface area contributed by atoms with Gasteiger partial charge in [-0.15, -0.1) is 5.10 Å². The van der Waals surface area contributed by atoms with Gasteiger partial charge in [0, 0.05) is 24.7 Å². The van der Waals surface area contributed by atoms with E-state index in [-0.39, 0.29) is 17.5 Å². The van der Waals surface area contributed by atoms with Crippen molar-refractivity contribution in [3.05, 3.63) is 81.9 Å². The lowest BCUT2D eigenvalue weighted by atomic mass is 9.94. The summed E-state index contributed by atoms with van der Waals surface area (Å²) < 4.78 is 7.40. The summed E-state index contributed by atoms with van der Waals surface area (Å²) in [6.07, 6.45) is 5.91. The number of hydrogen-bond acceptors (Lipinski definition) is 6. The van der Waals surface area contributed by atoms with Crippen molar-refractivity contribution in [3.8, 4) is 5.75 Å². The molecule has 0 aliphatic heterocycles. The zero-order valence-corrected chi connectivity index (χ0v) is 21.9. The fourth-order valence-electron chi connectivity index (χ4n) is 5.62. The molecule has 0 saturated heterocycles. The van der Waals surface area contributed by atoms with Gasteiger partial charge in [0.2, 0.25) is 0 Å². The first-order valence-corrected chi connectivity index (χ1v) is 13.3. The zero-order valence-electron chi connectivity index (χ0n) is 21.9. The van der Waals surface area contributed by atoms with Crippen molar-refractivity contribution in [2.75, 3.05) is 7.11 Å². The fraction of sp³-hybridized carbons (Fsp3) is 0.448. The highest BCUT2D eigenvalue weighted by Gasteiger charge is 2.32. The van der Waals surface area contributed by atoms with Crippen LogP contribution in [0.2, 0.25) is 0 Å². The molecule has 5 rings (SSSR count). The molecule has 1 fully saturated rings. The highest BCUT2D eigenvalue weighted by molar-refractivity contribution is 5.80. The molecular formula is C29H36N6O2. The molecule has 1 aliphatic rings. The summed E-state index contributed by atoms with van der Waals surface area (Å²) in [4.78, 5) is 18.7. The number of hydrogen-bond donors (Lipinski definition) is 1. The van der Waals surface area contributed by atoms with Gasteiger partial charge in [-0.05, 0) is 58.3 Å². The van der Waals surface area contributed by atoms with Crippen molar-refractivity contribution in [2.24, 2.45) is 5.92 Å². The second-order valence-corrected chi connectivity index (χ2v) is 10.4. The van der Waals surface area contributed by atoms with Gasteiger partial charge in [-0.25, -0.2) is 4.68 Å². The molecule has 1 atom stereocenters. The Morgan fingerprint density at radius 2 is 1.84 bits per heavy atom. The monoisotopic (exact) mass is 500 g/mol. The first-order chi connectivity index (χ1) is 18.0. The number of methoxy groups -OCH3 is 1. The number of benzene rings is 2. The van der Waals surface area contributed by atoms with Crippen molar-refractivity contribution in [2.45, 2.75) is 71.1 Å². The molecule has 2 aromatic heterocycles.